The van der Waals surface area contributed by atoms with E-state index in [9.17, 15) is 14.3 Å². The van der Waals surface area contributed by atoms with Gasteiger partial charge < -0.3 is 10.0 Å². The fourth-order valence-electron chi connectivity index (χ4n) is 2.54. The van der Waals surface area contributed by atoms with Crippen LogP contribution >= 0.6 is 0 Å². The molecule has 0 atom stereocenters. The van der Waals surface area contributed by atoms with E-state index in [2.05, 4.69) is 0 Å². The van der Waals surface area contributed by atoms with Gasteiger partial charge in [0, 0.05) is 24.0 Å². The lowest BCUT2D eigenvalue weighted by Gasteiger charge is -2.16. The zero-order valence-electron chi connectivity index (χ0n) is 10.4. The second-order valence-electron chi connectivity index (χ2n) is 4.86. The van der Waals surface area contributed by atoms with Crippen molar-refractivity contribution in [3.8, 4) is 5.75 Å². The number of phenols is 1. The first-order valence-corrected chi connectivity index (χ1v) is 6.37. The molecule has 1 saturated heterocycles. The van der Waals surface area contributed by atoms with Crippen molar-refractivity contribution in [2.45, 2.75) is 12.8 Å². The molecule has 19 heavy (non-hydrogen) atoms. The van der Waals surface area contributed by atoms with E-state index in [1.807, 2.05) is 0 Å². The summed E-state index contributed by atoms with van der Waals surface area (Å²) in [6, 6.07) is 7.30. The van der Waals surface area contributed by atoms with Crippen LogP contribution in [0.4, 0.5) is 4.39 Å². The topological polar surface area (TPSA) is 40.5 Å². The van der Waals surface area contributed by atoms with Gasteiger partial charge in [-0.1, -0.05) is 6.07 Å². The lowest BCUT2D eigenvalue weighted by atomic mass is 10.0. The molecule has 1 heterocycles. The van der Waals surface area contributed by atoms with Crippen molar-refractivity contribution in [1.82, 2.24) is 4.90 Å². The number of rotatable bonds is 1. The van der Waals surface area contributed by atoms with Crippen molar-refractivity contribution in [2.75, 3.05) is 13.1 Å². The second-order valence-corrected chi connectivity index (χ2v) is 4.86. The number of fused-ring (bicyclic) bond motifs is 1. The maximum absolute atomic E-state index is 13.1. The van der Waals surface area contributed by atoms with Gasteiger partial charge in [0.1, 0.15) is 11.6 Å². The summed E-state index contributed by atoms with van der Waals surface area (Å²) in [6.07, 6.45) is 2.05. The molecule has 3 rings (SSSR count). The number of likely N-dealkylation sites (tertiary alicyclic amines) is 1. The molecule has 3 nitrogen and oxygen atoms in total. The predicted molar refractivity (Wildman–Crippen MR) is 70.7 cm³/mol. The third-order valence-electron chi connectivity index (χ3n) is 3.53. The zero-order valence-corrected chi connectivity index (χ0v) is 10.4. The van der Waals surface area contributed by atoms with E-state index < -0.39 is 5.82 Å². The molecule has 1 aliphatic rings. The Bertz CT molecular complexity index is 648. The molecule has 4 heteroatoms. The van der Waals surface area contributed by atoms with Gasteiger partial charge in [0.05, 0.1) is 0 Å². The van der Waals surface area contributed by atoms with E-state index in [0.717, 1.165) is 25.9 Å². The van der Waals surface area contributed by atoms with Crippen molar-refractivity contribution in [3.63, 3.8) is 0 Å². The minimum Gasteiger partial charge on any atom is -0.507 e. The maximum Gasteiger partial charge on any atom is 0.254 e. The van der Waals surface area contributed by atoms with E-state index in [1.54, 1.807) is 17.0 Å². The molecule has 0 aliphatic carbocycles. The van der Waals surface area contributed by atoms with Gasteiger partial charge in [-0.25, -0.2) is 4.39 Å². The number of benzene rings is 2. The number of carbonyl (C=O) groups excluding carboxylic acids is 1. The summed E-state index contributed by atoms with van der Waals surface area (Å²) in [5, 5.41) is 11.0. The van der Waals surface area contributed by atoms with Gasteiger partial charge in [-0.2, -0.15) is 0 Å². The van der Waals surface area contributed by atoms with E-state index >= 15 is 0 Å². The van der Waals surface area contributed by atoms with Crippen LogP contribution < -0.4 is 0 Å². The summed E-state index contributed by atoms with van der Waals surface area (Å²) in [5.41, 5.74) is 0.457. The smallest absolute Gasteiger partial charge is 0.254 e. The normalized spacial score (nSPS) is 15.1. The summed E-state index contributed by atoms with van der Waals surface area (Å²) in [6.45, 7) is 1.53. The van der Waals surface area contributed by atoms with Crippen LogP contribution in [0.5, 0.6) is 5.75 Å². The van der Waals surface area contributed by atoms with Gasteiger partial charge in [0.2, 0.25) is 0 Å². The van der Waals surface area contributed by atoms with Gasteiger partial charge in [-0.15, -0.1) is 0 Å². The van der Waals surface area contributed by atoms with E-state index in [4.69, 9.17) is 0 Å². The van der Waals surface area contributed by atoms with Crippen LogP contribution in [0.2, 0.25) is 0 Å². The maximum atomic E-state index is 13.1. The van der Waals surface area contributed by atoms with Crippen LogP contribution in [0, 0.1) is 5.82 Å². The Labute approximate surface area is 110 Å². The van der Waals surface area contributed by atoms with Gasteiger partial charge >= 0.3 is 0 Å². The highest BCUT2D eigenvalue weighted by atomic mass is 19.1. The number of phenolic OH excluding ortho intramolecular Hbond substituents is 1. The van der Waals surface area contributed by atoms with E-state index in [0.29, 0.717) is 16.3 Å². The van der Waals surface area contributed by atoms with Crippen LogP contribution in [0.25, 0.3) is 10.8 Å². The van der Waals surface area contributed by atoms with Crippen molar-refractivity contribution >= 4 is 16.7 Å². The number of hydrogen-bond donors (Lipinski definition) is 1. The summed E-state index contributed by atoms with van der Waals surface area (Å²) in [5.74, 6) is -0.528. The summed E-state index contributed by atoms with van der Waals surface area (Å²) in [4.78, 5) is 14.0. The highest BCUT2D eigenvalue weighted by molar-refractivity contribution is 6.00. The molecule has 1 amide bonds. The number of hydrogen-bond acceptors (Lipinski definition) is 2. The quantitative estimate of drug-likeness (QED) is 0.855. The summed E-state index contributed by atoms with van der Waals surface area (Å²) in [7, 11) is 0. The molecular weight excluding hydrogens is 245 g/mol. The molecule has 98 valence electrons. The number of amides is 1. The Morgan fingerprint density at radius 1 is 1.16 bits per heavy atom. The Morgan fingerprint density at radius 3 is 2.63 bits per heavy atom. The Kier molecular flexibility index (Phi) is 2.85. The highest BCUT2D eigenvalue weighted by Crippen LogP contribution is 2.28. The standard InChI is InChI=1S/C15H14FNO2/c16-12-4-3-10-7-11(8-14(18)13(10)9-12)15(19)17-5-1-2-6-17/h3-4,7-9,18H,1-2,5-6H2. The minimum atomic E-state index is -0.401. The monoisotopic (exact) mass is 259 g/mol. The Hall–Kier alpha value is -2.10. The third kappa shape index (κ3) is 2.14. The first kappa shape index (κ1) is 12.0. The molecule has 0 saturated carbocycles. The second kappa shape index (κ2) is 4.53. The van der Waals surface area contributed by atoms with E-state index in [-0.39, 0.29) is 11.7 Å². The predicted octanol–water partition coefficient (Wildman–Crippen LogP) is 2.92. The van der Waals surface area contributed by atoms with Crippen LogP contribution in [-0.4, -0.2) is 29.0 Å². The van der Waals surface area contributed by atoms with Crippen LogP contribution in [0.3, 0.4) is 0 Å². The highest BCUT2D eigenvalue weighted by Gasteiger charge is 2.20. The van der Waals surface area contributed by atoms with Crippen molar-refractivity contribution in [3.05, 3.63) is 41.7 Å². The molecule has 0 radical (unpaired) electrons. The molecule has 2 aromatic rings. The molecule has 1 fully saturated rings. The van der Waals surface area contributed by atoms with Crippen molar-refractivity contribution in [2.24, 2.45) is 0 Å². The fraction of sp³-hybridized carbons (Fsp3) is 0.267. The number of carbonyl (C=O) groups is 1. The van der Waals surface area contributed by atoms with Gasteiger partial charge in [0.15, 0.2) is 0 Å². The fourth-order valence-corrected chi connectivity index (χ4v) is 2.54. The average Bonchev–Trinajstić information content (AvgIpc) is 2.92. The molecule has 1 aliphatic heterocycles. The summed E-state index contributed by atoms with van der Waals surface area (Å²) < 4.78 is 13.1. The van der Waals surface area contributed by atoms with Crippen molar-refractivity contribution < 1.29 is 14.3 Å². The van der Waals surface area contributed by atoms with Crippen LogP contribution in [0.15, 0.2) is 30.3 Å². The third-order valence-corrected chi connectivity index (χ3v) is 3.53. The number of aromatic hydroxyl groups is 1. The molecular formula is C15H14FNO2. The van der Waals surface area contributed by atoms with Gasteiger partial charge in [-0.3, -0.25) is 4.79 Å². The molecule has 0 spiro atoms. The van der Waals surface area contributed by atoms with Crippen molar-refractivity contribution in [1.29, 1.82) is 0 Å². The molecule has 1 N–H and O–H groups in total. The number of halogens is 1. The lowest BCUT2D eigenvalue weighted by Crippen LogP contribution is -2.27. The van der Waals surface area contributed by atoms with Gasteiger partial charge in [0.25, 0.3) is 5.91 Å². The van der Waals surface area contributed by atoms with E-state index in [1.165, 1.54) is 18.2 Å². The van der Waals surface area contributed by atoms with Crippen LogP contribution in [-0.2, 0) is 0 Å². The molecule has 0 aromatic heterocycles. The zero-order chi connectivity index (χ0) is 13.4. The number of nitrogens with zero attached hydrogens (tertiary/aromatic N) is 1. The molecule has 0 bridgehead atoms. The first-order valence-electron chi connectivity index (χ1n) is 6.37. The molecule has 2 aromatic carbocycles. The lowest BCUT2D eigenvalue weighted by molar-refractivity contribution is 0.0792. The summed E-state index contributed by atoms with van der Waals surface area (Å²) >= 11 is 0. The van der Waals surface area contributed by atoms with Gasteiger partial charge in [-0.05, 0) is 42.5 Å². The van der Waals surface area contributed by atoms with Crippen LogP contribution in [0.1, 0.15) is 23.2 Å². The average molecular weight is 259 g/mol. The minimum absolute atomic E-state index is 0.0560. The SMILES string of the molecule is O=C(c1cc(O)c2cc(F)ccc2c1)N1CCCC1. The Morgan fingerprint density at radius 2 is 1.89 bits per heavy atom. The first-order chi connectivity index (χ1) is 9.15. The largest absolute Gasteiger partial charge is 0.507 e. The molecule has 0 unspecified atom stereocenters. The Balaban J connectivity index is 2.05.